The van der Waals surface area contributed by atoms with Crippen molar-refractivity contribution < 1.29 is 13.9 Å². The molecule has 0 amide bonds. The van der Waals surface area contributed by atoms with Gasteiger partial charge in [0.05, 0.1) is 29.6 Å². The van der Waals surface area contributed by atoms with Crippen molar-refractivity contribution in [2.45, 2.75) is 57.7 Å². The first-order valence-corrected chi connectivity index (χ1v) is 10.2. The lowest BCUT2D eigenvalue weighted by Crippen LogP contribution is -2.44. The first-order valence-electron chi connectivity index (χ1n) is 10.2. The third-order valence-electron chi connectivity index (χ3n) is 5.48. The van der Waals surface area contributed by atoms with Crippen LogP contribution in [0.5, 0.6) is 5.88 Å². The number of rotatable bonds is 4. The number of hydrogen-bond donors (Lipinski definition) is 0. The van der Waals surface area contributed by atoms with Gasteiger partial charge in [0.1, 0.15) is 11.6 Å². The van der Waals surface area contributed by atoms with Crippen molar-refractivity contribution in [3.05, 3.63) is 60.3 Å². The molecule has 158 valence electrons. The number of aromatic nitrogens is 3. The van der Waals surface area contributed by atoms with Gasteiger partial charge >= 0.3 is 0 Å². The third-order valence-corrected chi connectivity index (χ3v) is 5.48. The topological polar surface area (TPSA) is 49.2 Å². The average Bonchev–Trinajstić information content (AvgIpc) is 3.11. The van der Waals surface area contributed by atoms with E-state index in [0.29, 0.717) is 5.88 Å². The predicted octanol–water partition coefficient (Wildman–Crippen LogP) is 5.53. The number of pyridine rings is 1. The molecule has 1 aliphatic rings. The maximum atomic E-state index is 13.5. The van der Waals surface area contributed by atoms with Gasteiger partial charge in [0, 0.05) is 24.0 Å². The van der Waals surface area contributed by atoms with Crippen LogP contribution in [-0.2, 0) is 4.74 Å². The van der Waals surface area contributed by atoms with Crippen LogP contribution in [0.4, 0.5) is 4.39 Å². The zero-order valence-corrected chi connectivity index (χ0v) is 18.1. The van der Waals surface area contributed by atoms with Crippen LogP contribution in [0.1, 0.15) is 52.1 Å². The van der Waals surface area contributed by atoms with Crippen molar-refractivity contribution >= 4 is 0 Å². The highest BCUT2D eigenvalue weighted by atomic mass is 19.1. The van der Waals surface area contributed by atoms with Gasteiger partial charge < -0.3 is 9.47 Å². The molecule has 0 unspecified atom stereocenters. The zero-order valence-electron chi connectivity index (χ0n) is 18.1. The molecule has 0 radical (unpaired) electrons. The summed E-state index contributed by atoms with van der Waals surface area (Å²) >= 11 is 0. The predicted molar refractivity (Wildman–Crippen MR) is 115 cm³/mol. The van der Waals surface area contributed by atoms with E-state index in [0.717, 1.165) is 35.6 Å². The van der Waals surface area contributed by atoms with E-state index in [1.165, 1.54) is 12.1 Å². The highest BCUT2D eigenvalue weighted by molar-refractivity contribution is 5.64. The van der Waals surface area contributed by atoms with Gasteiger partial charge in [0.25, 0.3) is 0 Å². The van der Waals surface area contributed by atoms with Gasteiger partial charge in [0.15, 0.2) is 0 Å². The highest BCUT2D eigenvalue weighted by Crippen LogP contribution is 2.44. The molecule has 5 nitrogen and oxygen atoms in total. The SMILES string of the molecule is COc1ncccc1-c1nc(C2CC(C)(C)OC(C)(C)C2)cn1-c1ccc(F)cc1. The Morgan fingerprint density at radius 3 is 2.37 bits per heavy atom. The molecule has 6 heteroatoms. The number of methoxy groups -OCH3 is 1. The molecule has 1 saturated heterocycles. The van der Waals surface area contributed by atoms with Crippen molar-refractivity contribution in [3.8, 4) is 23.0 Å². The number of imidazole rings is 1. The van der Waals surface area contributed by atoms with Crippen molar-refractivity contribution in [1.29, 1.82) is 0 Å². The Balaban J connectivity index is 1.85. The summed E-state index contributed by atoms with van der Waals surface area (Å²) in [5, 5.41) is 0. The maximum absolute atomic E-state index is 13.5. The summed E-state index contributed by atoms with van der Waals surface area (Å²) in [5.74, 6) is 1.20. The summed E-state index contributed by atoms with van der Waals surface area (Å²) in [6.07, 6.45) is 5.50. The Bertz CT molecular complexity index is 1020. The number of halogens is 1. The fourth-order valence-corrected chi connectivity index (χ4v) is 4.61. The third kappa shape index (κ3) is 4.10. The largest absolute Gasteiger partial charge is 0.480 e. The second-order valence-electron chi connectivity index (χ2n) is 9.12. The Hall–Kier alpha value is -2.73. The lowest BCUT2D eigenvalue weighted by atomic mass is 9.79. The van der Waals surface area contributed by atoms with Crippen LogP contribution >= 0.6 is 0 Å². The second-order valence-corrected chi connectivity index (χ2v) is 9.12. The number of ether oxygens (including phenoxy) is 2. The van der Waals surface area contributed by atoms with E-state index in [-0.39, 0.29) is 22.9 Å². The van der Waals surface area contributed by atoms with Gasteiger partial charge in [-0.2, -0.15) is 0 Å². The second kappa shape index (κ2) is 7.51. The van der Waals surface area contributed by atoms with Gasteiger partial charge in [-0.05, 0) is 76.9 Å². The fourth-order valence-electron chi connectivity index (χ4n) is 4.61. The molecule has 0 aliphatic carbocycles. The minimum absolute atomic E-state index is 0.238. The maximum Gasteiger partial charge on any atom is 0.224 e. The first-order chi connectivity index (χ1) is 14.2. The monoisotopic (exact) mass is 409 g/mol. The van der Waals surface area contributed by atoms with Crippen LogP contribution in [0, 0.1) is 5.82 Å². The molecular weight excluding hydrogens is 381 g/mol. The molecule has 1 fully saturated rings. The quantitative estimate of drug-likeness (QED) is 0.568. The summed E-state index contributed by atoms with van der Waals surface area (Å²) in [6, 6.07) is 10.2. The first kappa shape index (κ1) is 20.5. The van der Waals surface area contributed by atoms with E-state index in [1.54, 1.807) is 25.4 Å². The van der Waals surface area contributed by atoms with Gasteiger partial charge in [0.2, 0.25) is 5.88 Å². The lowest BCUT2D eigenvalue weighted by molar-refractivity contribution is -0.162. The molecule has 2 aromatic heterocycles. The molecule has 3 heterocycles. The minimum atomic E-state index is -0.271. The molecule has 1 aliphatic heterocycles. The van der Waals surface area contributed by atoms with Gasteiger partial charge in [-0.1, -0.05) is 0 Å². The minimum Gasteiger partial charge on any atom is -0.480 e. The number of hydrogen-bond acceptors (Lipinski definition) is 4. The van der Waals surface area contributed by atoms with Crippen LogP contribution in [-0.4, -0.2) is 32.8 Å². The zero-order chi connectivity index (χ0) is 21.5. The molecule has 1 aromatic carbocycles. The van der Waals surface area contributed by atoms with Crippen LogP contribution in [0.15, 0.2) is 48.8 Å². The number of benzene rings is 1. The van der Waals surface area contributed by atoms with Crippen molar-refractivity contribution in [2.75, 3.05) is 7.11 Å². The molecular formula is C24H28FN3O2. The molecule has 3 aromatic rings. The van der Waals surface area contributed by atoms with E-state index in [4.69, 9.17) is 14.5 Å². The van der Waals surface area contributed by atoms with Crippen LogP contribution < -0.4 is 4.74 Å². The molecule has 0 N–H and O–H groups in total. The molecule has 0 atom stereocenters. The van der Waals surface area contributed by atoms with Crippen LogP contribution in [0.3, 0.4) is 0 Å². The van der Waals surface area contributed by atoms with E-state index < -0.39 is 0 Å². The summed E-state index contributed by atoms with van der Waals surface area (Å²) < 4.78 is 27.3. The fraction of sp³-hybridized carbons (Fsp3) is 0.417. The van der Waals surface area contributed by atoms with E-state index in [1.807, 2.05) is 16.7 Å². The van der Waals surface area contributed by atoms with Crippen molar-refractivity contribution in [1.82, 2.24) is 14.5 Å². The van der Waals surface area contributed by atoms with Crippen LogP contribution in [0.2, 0.25) is 0 Å². The standard InChI is InChI=1S/C24H28FN3O2/c1-23(2)13-16(14-24(3,4)30-23)20-15-28(18-10-8-17(25)9-11-18)21(27-20)19-7-6-12-26-22(19)29-5/h6-12,15-16H,13-14H2,1-5H3. The average molecular weight is 410 g/mol. The highest BCUT2D eigenvalue weighted by Gasteiger charge is 2.41. The molecule has 4 rings (SSSR count). The Labute approximate surface area is 176 Å². The van der Waals surface area contributed by atoms with Gasteiger partial charge in [-0.15, -0.1) is 0 Å². The molecule has 0 bridgehead atoms. The van der Waals surface area contributed by atoms with Crippen molar-refractivity contribution in [2.24, 2.45) is 0 Å². The van der Waals surface area contributed by atoms with E-state index in [9.17, 15) is 4.39 Å². The summed E-state index contributed by atoms with van der Waals surface area (Å²) in [7, 11) is 1.60. The summed E-state index contributed by atoms with van der Waals surface area (Å²) in [4.78, 5) is 9.37. The molecule has 0 spiro atoms. The van der Waals surface area contributed by atoms with Crippen LogP contribution in [0.25, 0.3) is 17.1 Å². The Kier molecular flexibility index (Phi) is 5.14. The lowest BCUT2D eigenvalue weighted by Gasteiger charge is -2.45. The summed E-state index contributed by atoms with van der Waals surface area (Å²) in [6.45, 7) is 8.51. The van der Waals surface area contributed by atoms with E-state index >= 15 is 0 Å². The Morgan fingerprint density at radius 1 is 1.07 bits per heavy atom. The number of nitrogens with zero attached hydrogens (tertiary/aromatic N) is 3. The Morgan fingerprint density at radius 2 is 1.73 bits per heavy atom. The van der Waals surface area contributed by atoms with Gasteiger partial charge in [-0.25, -0.2) is 14.4 Å². The molecule has 0 saturated carbocycles. The van der Waals surface area contributed by atoms with E-state index in [2.05, 4.69) is 38.9 Å². The van der Waals surface area contributed by atoms with Gasteiger partial charge in [-0.3, -0.25) is 4.57 Å². The smallest absolute Gasteiger partial charge is 0.224 e. The molecule has 30 heavy (non-hydrogen) atoms. The summed E-state index contributed by atoms with van der Waals surface area (Å²) in [5.41, 5.74) is 2.14. The van der Waals surface area contributed by atoms with Crippen molar-refractivity contribution in [3.63, 3.8) is 0 Å². The normalized spacial score (nSPS) is 18.3.